The fourth-order valence-corrected chi connectivity index (χ4v) is 2.50. The van der Waals surface area contributed by atoms with Crippen LogP contribution in [0.2, 0.25) is 0 Å². The van der Waals surface area contributed by atoms with Crippen LogP contribution in [0.15, 0.2) is 53.3 Å². The summed E-state index contributed by atoms with van der Waals surface area (Å²) in [6.45, 7) is 3.68. The predicted molar refractivity (Wildman–Crippen MR) is 90.1 cm³/mol. The minimum atomic E-state index is -1.37. The third kappa shape index (κ3) is 2.74. The molecule has 0 unspecified atom stereocenters. The molecule has 6 nitrogen and oxygen atoms in total. The molecule has 0 atom stereocenters. The summed E-state index contributed by atoms with van der Waals surface area (Å²) in [6, 6.07) is 14.2. The number of aromatic nitrogens is 2. The van der Waals surface area contributed by atoms with Crippen molar-refractivity contribution < 1.29 is 14.6 Å². The summed E-state index contributed by atoms with van der Waals surface area (Å²) in [7, 11) is 0. The number of carboxylic acid groups (broad SMARTS) is 1. The zero-order valence-electron chi connectivity index (χ0n) is 13.3. The summed E-state index contributed by atoms with van der Waals surface area (Å²) in [4.78, 5) is 24.1. The molecular weight excluding hydrogens is 308 g/mol. The lowest BCUT2D eigenvalue weighted by Gasteiger charge is -2.15. The van der Waals surface area contributed by atoms with E-state index >= 15 is 0 Å². The summed E-state index contributed by atoms with van der Waals surface area (Å²) in [5, 5.41) is 13.6. The SMILES string of the molecule is CC(C)Oc1cccc2c1c(=O)c(C(=O)O)nn2-c1ccccc1. The highest BCUT2D eigenvalue weighted by Crippen LogP contribution is 2.25. The van der Waals surface area contributed by atoms with Crippen LogP contribution in [0.4, 0.5) is 0 Å². The van der Waals surface area contributed by atoms with Crippen LogP contribution in [0.5, 0.6) is 5.75 Å². The number of nitrogens with zero attached hydrogens (tertiary/aromatic N) is 2. The van der Waals surface area contributed by atoms with E-state index in [2.05, 4.69) is 5.10 Å². The van der Waals surface area contributed by atoms with Crippen molar-refractivity contribution >= 4 is 16.9 Å². The fourth-order valence-electron chi connectivity index (χ4n) is 2.50. The largest absolute Gasteiger partial charge is 0.490 e. The smallest absolute Gasteiger partial charge is 0.360 e. The van der Waals surface area contributed by atoms with Crippen LogP contribution in [0.3, 0.4) is 0 Å². The number of aromatic carboxylic acids is 1. The van der Waals surface area contributed by atoms with Crippen LogP contribution in [0.1, 0.15) is 24.3 Å². The Hall–Kier alpha value is -3.15. The summed E-state index contributed by atoms with van der Waals surface area (Å²) in [5.74, 6) is -1.02. The van der Waals surface area contributed by atoms with E-state index in [0.29, 0.717) is 17.0 Å². The summed E-state index contributed by atoms with van der Waals surface area (Å²) in [6.07, 6.45) is -0.151. The molecule has 0 bridgehead atoms. The molecule has 0 aliphatic rings. The molecule has 122 valence electrons. The molecule has 0 amide bonds. The number of carbonyl (C=O) groups is 1. The molecule has 0 aliphatic heterocycles. The number of hydrogen-bond donors (Lipinski definition) is 1. The monoisotopic (exact) mass is 324 g/mol. The second-order valence-electron chi connectivity index (χ2n) is 5.55. The average Bonchev–Trinajstić information content (AvgIpc) is 2.55. The van der Waals surface area contributed by atoms with E-state index in [0.717, 1.165) is 0 Å². The standard InChI is InChI=1S/C18H16N2O4/c1-11(2)24-14-10-6-9-13-15(14)17(21)16(18(22)23)19-20(13)12-7-4-3-5-8-12/h3-11H,1-2H3,(H,22,23). The van der Waals surface area contributed by atoms with Crippen molar-refractivity contribution in [2.45, 2.75) is 20.0 Å². The Morgan fingerprint density at radius 1 is 1.12 bits per heavy atom. The number of fused-ring (bicyclic) bond motifs is 1. The average molecular weight is 324 g/mol. The molecule has 0 fully saturated rings. The van der Waals surface area contributed by atoms with Crippen molar-refractivity contribution in [3.63, 3.8) is 0 Å². The van der Waals surface area contributed by atoms with Gasteiger partial charge in [0.2, 0.25) is 11.1 Å². The molecule has 0 spiro atoms. The first-order valence-corrected chi connectivity index (χ1v) is 7.50. The molecule has 0 radical (unpaired) electrons. The van der Waals surface area contributed by atoms with Gasteiger partial charge in [-0.2, -0.15) is 5.10 Å². The minimum Gasteiger partial charge on any atom is -0.490 e. The lowest BCUT2D eigenvalue weighted by Crippen LogP contribution is -2.23. The first kappa shape index (κ1) is 15.7. The second-order valence-corrected chi connectivity index (χ2v) is 5.55. The number of para-hydroxylation sites is 1. The van der Waals surface area contributed by atoms with Crippen molar-refractivity contribution in [2.24, 2.45) is 0 Å². The van der Waals surface area contributed by atoms with Crippen molar-refractivity contribution in [2.75, 3.05) is 0 Å². The summed E-state index contributed by atoms with van der Waals surface area (Å²) in [5.41, 5.74) is -0.0341. The van der Waals surface area contributed by atoms with Gasteiger partial charge in [0.15, 0.2) is 0 Å². The van der Waals surface area contributed by atoms with E-state index in [9.17, 15) is 14.7 Å². The Morgan fingerprint density at radius 3 is 2.46 bits per heavy atom. The Morgan fingerprint density at radius 2 is 1.83 bits per heavy atom. The van der Waals surface area contributed by atoms with Crippen LogP contribution >= 0.6 is 0 Å². The number of carboxylic acids is 1. The molecule has 0 aliphatic carbocycles. The van der Waals surface area contributed by atoms with Crippen LogP contribution in [0.25, 0.3) is 16.6 Å². The van der Waals surface area contributed by atoms with Gasteiger partial charge in [-0.05, 0) is 38.1 Å². The molecular formula is C18H16N2O4. The molecule has 24 heavy (non-hydrogen) atoms. The number of rotatable bonds is 4. The number of hydrogen-bond acceptors (Lipinski definition) is 4. The third-order valence-electron chi connectivity index (χ3n) is 3.44. The van der Waals surface area contributed by atoms with Crippen LogP contribution in [-0.2, 0) is 0 Å². The van der Waals surface area contributed by atoms with Crippen LogP contribution in [0, 0.1) is 0 Å². The summed E-state index contributed by atoms with van der Waals surface area (Å²) < 4.78 is 7.15. The first-order chi connectivity index (χ1) is 11.5. The van der Waals surface area contributed by atoms with Crippen molar-refractivity contribution in [1.29, 1.82) is 0 Å². The Balaban J connectivity index is 2.43. The second kappa shape index (κ2) is 6.16. The molecule has 0 saturated carbocycles. The molecule has 3 rings (SSSR count). The lowest BCUT2D eigenvalue weighted by atomic mass is 10.1. The molecule has 0 saturated heterocycles. The van der Waals surface area contributed by atoms with Gasteiger partial charge in [-0.1, -0.05) is 24.3 Å². The molecule has 1 N–H and O–H groups in total. The maximum absolute atomic E-state index is 12.6. The third-order valence-corrected chi connectivity index (χ3v) is 3.44. The number of ether oxygens (including phenoxy) is 1. The first-order valence-electron chi connectivity index (χ1n) is 7.50. The Kier molecular flexibility index (Phi) is 4.04. The van der Waals surface area contributed by atoms with Gasteiger partial charge in [-0.3, -0.25) is 4.79 Å². The zero-order valence-corrected chi connectivity index (χ0v) is 13.3. The van der Waals surface area contributed by atoms with Gasteiger partial charge in [-0.15, -0.1) is 0 Å². The van der Waals surface area contributed by atoms with Gasteiger partial charge in [0.05, 0.1) is 22.7 Å². The topological polar surface area (TPSA) is 81.4 Å². The summed E-state index contributed by atoms with van der Waals surface area (Å²) >= 11 is 0. The van der Waals surface area contributed by atoms with Crippen LogP contribution in [-0.4, -0.2) is 27.0 Å². The van der Waals surface area contributed by atoms with E-state index in [1.54, 1.807) is 30.3 Å². The Bertz CT molecular complexity index is 962. The molecule has 6 heteroatoms. The van der Waals surface area contributed by atoms with Gasteiger partial charge < -0.3 is 9.84 Å². The van der Waals surface area contributed by atoms with Crippen molar-refractivity contribution in [3.05, 3.63) is 64.4 Å². The lowest BCUT2D eigenvalue weighted by molar-refractivity contribution is 0.0687. The van der Waals surface area contributed by atoms with E-state index in [-0.39, 0.29) is 11.5 Å². The highest BCUT2D eigenvalue weighted by molar-refractivity contribution is 5.93. The van der Waals surface area contributed by atoms with Gasteiger partial charge in [-0.25, -0.2) is 9.48 Å². The molecule has 2 aromatic carbocycles. The van der Waals surface area contributed by atoms with E-state index < -0.39 is 17.1 Å². The van der Waals surface area contributed by atoms with E-state index in [1.165, 1.54) is 4.68 Å². The van der Waals surface area contributed by atoms with Gasteiger partial charge >= 0.3 is 5.97 Å². The predicted octanol–water partition coefficient (Wildman–Crippen LogP) is 2.87. The highest BCUT2D eigenvalue weighted by Gasteiger charge is 2.20. The molecule has 1 aromatic heterocycles. The maximum atomic E-state index is 12.6. The van der Waals surface area contributed by atoms with Crippen LogP contribution < -0.4 is 10.2 Å². The maximum Gasteiger partial charge on any atom is 0.360 e. The Labute approximate surface area is 137 Å². The minimum absolute atomic E-state index is 0.151. The van der Waals surface area contributed by atoms with E-state index in [4.69, 9.17) is 4.74 Å². The number of benzene rings is 2. The van der Waals surface area contributed by atoms with Gasteiger partial charge in [0.25, 0.3) is 0 Å². The molecule has 3 aromatic rings. The zero-order chi connectivity index (χ0) is 17.3. The van der Waals surface area contributed by atoms with Gasteiger partial charge in [0.1, 0.15) is 5.75 Å². The van der Waals surface area contributed by atoms with Crippen molar-refractivity contribution in [3.8, 4) is 11.4 Å². The van der Waals surface area contributed by atoms with E-state index in [1.807, 2.05) is 32.0 Å². The quantitative estimate of drug-likeness (QED) is 0.798. The molecule has 1 heterocycles. The highest BCUT2D eigenvalue weighted by atomic mass is 16.5. The van der Waals surface area contributed by atoms with Gasteiger partial charge in [0, 0.05) is 0 Å². The van der Waals surface area contributed by atoms with Crippen molar-refractivity contribution in [1.82, 2.24) is 9.78 Å². The fraction of sp³-hybridized carbons (Fsp3) is 0.167. The normalized spacial score (nSPS) is 11.0.